The molecule has 0 spiro atoms. The second-order valence-electron chi connectivity index (χ2n) is 5.04. The van der Waals surface area contributed by atoms with E-state index in [4.69, 9.17) is 19.9 Å². The topological polar surface area (TPSA) is 78.6 Å². The Kier molecular flexibility index (Phi) is 5.43. The number of methoxy groups -OCH3 is 2. The average molecular weight is 281 g/mol. The third-order valence-corrected chi connectivity index (χ3v) is 3.24. The van der Waals surface area contributed by atoms with Gasteiger partial charge in [-0.3, -0.25) is 0 Å². The number of rotatable bonds is 9. The van der Waals surface area contributed by atoms with Gasteiger partial charge in [0.25, 0.3) is 0 Å². The smallest absolute Gasteiger partial charge is 0.239 e. The van der Waals surface area contributed by atoms with Gasteiger partial charge in [-0.25, -0.2) is 0 Å². The van der Waals surface area contributed by atoms with Crippen LogP contribution < -0.4 is 15.8 Å². The van der Waals surface area contributed by atoms with Crippen molar-refractivity contribution in [2.45, 2.75) is 18.9 Å². The second-order valence-corrected chi connectivity index (χ2v) is 5.04. The summed E-state index contributed by atoms with van der Waals surface area (Å²) in [5, 5.41) is 3.20. The minimum absolute atomic E-state index is 0.0183. The molecule has 1 aliphatic rings. The molecule has 3 N–H and O–H groups in total. The number of nitrogen functional groups attached to an aromatic ring is 1. The summed E-state index contributed by atoms with van der Waals surface area (Å²) in [6.07, 6.45) is 2.46. The van der Waals surface area contributed by atoms with Gasteiger partial charge in [-0.2, -0.15) is 4.98 Å². The van der Waals surface area contributed by atoms with Crippen molar-refractivity contribution in [2.24, 2.45) is 5.92 Å². The molecule has 20 heavy (non-hydrogen) atoms. The molecule has 0 aliphatic heterocycles. The van der Waals surface area contributed by atoms with Crippen LogP contribution in [0.3, 0.4) is 0 Å². The molecule has 0 amide bonds. The van der Waals surface area contributed by atoms with Crippen LogP contribution in [0.4, 0.5) is 11.5 Å². The Morgan fingerprint density at radius 1 is 1.40 bits per heavy atom. The van der Waals surface area contributed by atoms with Crippen LogP contribution in [-0.2, 0) is 9.47 Å². The number of ether oxygens (including phenoxy) is 3. The first-order valence-electron chi connectivity index (χ1n) is 6.88. The van der Waals surface area contributed by atoms with Crippen LogP contribution in [0.1, 0.15) is 12.8 Å². The van der Waals surface area contributed by atoms with Crippen LogP contribution in [0.25, 0.3) is 0 Å². The van der Waals surface area contributed by atoms with Crippen molar-refractivity contribution in [1.82, 2.24) is 4.98 Å². The maximum atomic E-state index is 5.87. The standard InChI is InChI=1S/C14H23N3O3/c1-18-9-11(19-2)7-16-13-6-5-12(15)14(17-13)20-8-10-3-4-10/h5-6,10-11H,3-4,7-9,15H2,1-2H3,(H,16,17). The summed E-state index contributed by atoms with van der Waals surface area (Å²) >= 11 is 0. The Hall–Kier alpha value is -1.53. The minimum Gasteiger partial charge on any atom is -0.476 e. The van der Waals surface area contributed by atoms with Gasteiger partial charge >= 0.3 is 0 Å². The third kappa shape index (κ3) is 4.54. The molecule has 1 atom stereocenters. The Morgan fingerprint density at radius 2 is 2.20 bits per heavy atom. The monoisotopic (exact) mass is 281 g/mol. The molecule has 2 rings (SSSR count). The van der Waals surface area contributed by atoms with Crippen molar-refractivity contribution < 1.29 is 14.2 Å². The summed E-state index contributed by atoms with van der Waals surface area (Å²) in [4.78, 5) is 4.38. The number of hydrogen-bond donors (Lipinski definition) is 2. The van der Waals surface area contributed by atoms with E-state index in [2.05, 4.69) is 10.3 Å². The van der Waals surface area contributed by atoms with E-state index >= 15 is 0 Å². The summed E-state index contributed by atoms with van der Waals surface area (Å²) in [5.41, 5.74) is 6.43. The molecule has 1 fully saturated rings. The van der Waals surface area contributed by atoms with Gasteiger partial charge in [-0.1, -0.05) is 0 Å². The molecule has 0 saturated heterocycles. The zero-order valence-electron chi connectivity index (χ0n) is 12.1. The van der Waals surface area contributed by atoms with Gasteiger partial charge < -0.3 is 25.3 Å². The molecule has 112 valence electrons. The van der Waals surface area contributed by atoms with E-state index in [0.717, 1.165) is 5.82 Å². The zero-order chi connectivity index (χ0) is 14.4. The van der Waals surface area contributed by atoms with Crippen molar-refractivity contribution in [3.63, 3.8) is 0 Å². The third-order valence-electron chi connectivity index (χ3n) is 3.24. The largest absolute Gasteiger partial charge is 0.476 e. The molecule has 1 aliphatic carbocycles. The molecule has 1 saturated carbocycles. The van der Waals surface area contributed by atoms with Crippen LogP contribution in [0.15, 0.2) is 12.1 Å². The number of nitrogens with one attached hydrogen (secondary N) is 1. The van der Waals surface area contributed by atoms with E-state index in [1.165, 1.54) is 12.8 Å². The normalized spacial score (nSPS) is 15.9. The highest BCUT2D eigenvalue weighted by Gasteiger charge is 2.22. The Bertz CT molecular complexity index is 424. The van der Waals surface area contributed by atoms with Crippen LogP contribution >= 0.6 is 0 Å². The SMILES string of the molecule is COCC(CNc1ccc(N)c(OCC2CC2)n1)OC. The average Bonchev–Trinajstić information content (AvgIpc) is 3.27. The maximum absolute atomic E-state index is 5.87. The molecule has 0 bridgehead atoms. The highest BCUT2D eigenvalue weighted by Crippen LogP contribution is 2.30. The van der Waals surface area contributed by atoms with Crippen molar-refractivity contribution in [1.29, 1.82) is 0 Å². The van der Waals surface area contributed by atoms with Crippen molar-refractivity contribution in [3.8, 4) is 5.88 Å². The van der Waals surface area contributed by atoms with Crippen LogP contribution in [-0.4, -0.2) is 45.1 Å². The first kappa shape index (κ1) is 14.9. The van der Waals surface area contributed by atoms with Crippen LogP contribution in [0.2, 0.25) is 0 Å². The lowest BCUT2D eigenvalue weighted by molar-refractivity contribution is 0.0365. The molecule has 0 aromatic carbocycles. The van der Waals surface area contributed by atoms with Gasteiger partial charge in [0, 0.05) is 20.8 Å². The summed E-state index contributed by atoms with van der Waals surface area (Å²) in [5.74, 6) is 1.90. The van der Waals surface area contributed by atoms with Crippen LogP contribution in [0, 0.1) is 5.92 Å². The maximum Gasteiger partial charge on any atom is 0.239 e. The number of aromatic nitrogens is 1. The highest BCUT2D eigenvalue weighted by molar-refractivity contribution is 5.53. The lowest BCUT2D eigenvalue weighted by Crippen LogP contribution is -2.26. The van der Waals surface area contributed by atoms with Gasteiger partial charge in [0.15, 0.2) is 0 Å². The summed E-state index contributed by atoms with van der Waals surface area (Å²) in [6.45, 7) is 1.85. The lowest BCUT2D eigenvalue weighted by atomic mass is 10.3. The summed E-state index contributed by atoms with van der Waals surface area (Å²) in [6, 6.07) is 3.63. The van der Waals surface area contributed by atoms with Crippen molar-refractivity contribution >= 4 is 11.5 Å². The quantitative estimate of drug-likeness (QED) is 0.714. The molecule has 1 heterocycles. The van der Waals surface area contributed by atoms with Gasteiger partial charge in [-0.05, 0) is 30.9 Å². The molecule has 6 heteroatoms. The highest BCUT2D eigenvalue weighted by atomic mass is 16.5. The second kappa shape index (κ2) is 7.31. The van der Waals surface area contributed by atoms with E-state index in [-0.39, 0.29) is 6.10 Å². The first-order chi connectivity index (χ1) is 9.72. The van der Waals surface area contributed by atoms with Crippen LogP contribution in [0.5, 0.6) is 5.88 Å². The zero-order valence-corrected chi connectivity index (χ0v) is 12.1. The van der Waals surface area contributed by atoms with Gasteiger partial charge in [0.05, 0.1) is 25.0 Å². The fourth-order valence-electron chi connectivity index (χ4n) is 1.76. The first-order valence-corrected chi connectivity index (χ1v) is 6.88. The summed E-state index contributed by atoms with van der Waals surface area (Å²) in [7, 11) is 3.31. The number of hydrogen-bond acceptors (Lipinski definition) is 6. The number of anilines is 2. The Morgan fingerprint density at radius 3 is 2.85 bits per heavy atom. The van der Waals surface area contributed by atoms with E-state index < -0.39 is 0 Å². The summed E-state index contributed by atoms with van der Waals surface area (Å²) < 4.78 is 16.0. The lowest BCUT2D eigenvalue weighted by Gasteiger charge is -2.16. The molecule has 6 nitrogen and oxygen atoms in total. The van der Waals surface area contributed by atoms with Gasteiger partial charge in [0.2, 0.25) is 5.88 Å². The van der Waals surface area contributed by atoms with E-state index in [0.29, 0.717) is 37.2 Å². The fourth-order valence-corrected chi connectivity index (χ4v) is 1.76. The number of nitrogens with two attached hydrogens (primary N) is 1. The predicted molar refractivity (Wildman–Crippen MR) is 78.0 cm³/mol. The fraction of sp³-hybridized carbons (Fsp3) is 0.643. The molecule has 0 radical (unpaired) electrons. The van der Waals surface area contributed by atoms with Crippen molar-refractivity contribution in [2.75, 3.05) is 45.0 Å². The molecule has 1 aromatic heterocycles. The molecular formula is C14H23N3O3. The van der Waals surface area contributed by atoms with Gasteiger partial charge in [0.1, 0.15) is 5.82 Å². The van der Waals surface area contributed by atoms with Crippen molar-refractivity contribution in [3.05, 3.63) is 12.1 Å². The molecule has 1 unspecified atom stereocenters. The predicted octanol–water partition coefficient (Wildman–Crippen LogP) is 1.53. The molecule has 1 aromatic rings. The number of pyridine rings is 1. The van der Waals surface area contributed by atoms with E-state index in [1.807, 2.05) is 6.07 Å². The van der Waals surface area contributed by atoms with Gasteiger partial charge in [-0.15, -0.1) is 0 Å². The Balaban J connectivity index is 1.88. The van der Waals surface area contributed by atoms with E-state index in [9.17, 15) is 0 Å². The molecular weight excluding hydrogens is 258 g/mol. The van der Waals surface area contributed by atoms with E-state index in [1.54, 1.807) is 20.3 Å². The number of nitrogens with zero attached hydrogens (tertiary/aromatic N) is 1. The minimum atomic E-state index is -0.0183. The Labute approximate surface area is 119 Å².